The zero-order chi connectivity index (χ0) is 13.5. The molecule has 0 amide bonds. The van der Waals surface area contributed by atoms with E-state index in [0.29, 0.717) is 6.04 Å². The summed E-state index contributed by atoms with van der Waals surface area (Å²) in [5.41, 5.74) is 7.29. The van der Waals surface area contributed by atoms with E-state index in [1.54, 1.807) is 0 Å². The molecular formula is C14H27N3O. The van der Waals surface area contributed by atoms with Gasteiger partial charge in [0.1, 0.15) is 0 Å². The van der Waals surface area contributed by atoms with Crippen LogP contribution in [0.1, 0.15) is 52.3 Å². The molecule has 1 aromatic rings. The molecule has 1 aromatic heterocycles. The fourth-order valence-corrected chi connectivity index (χ4v) is 2.07. The molecule has 1 heterocycles. The SMILES string of the molecule is CCCC(OCC)C(N)Cc1ccn(C(C)C)n1. The molecule has 4 nitrogen and oxygen atoms in total. The molecule has 104 valence electrons. The Labute approximate surface area is 111 Å². The number of hydrogen-bond acceptors (Lipinski definition) is 3. The van der Waals surface area contributed by atoms with Crippen molar-refractivity contribution in [1.29, 1.82) is 0 Å². The maximum Gasteiger partial charge on any atom is 0.0729 e. The lowest BCUT2D eigenvalue weighted by molar-refractivity contribution is 0.0376. The van der Waals surface area contributed by atoms with Gasteiger partial charge in [-0.05, 0) is 33.3 Å². The zero-order valence-electron chi connectivity index (χ0n) is 12.1. The quantitative estimate of drug-likeness (QED) is 0.774. The van der Waals surface area contributed by atoms with Crippen LogP contribution in [0.5, 0.6) is 0 Å². The summed E-state index contributed by atoms with van der Waals surface area (Å²) in [4.78, 5) is 0. The van der Waals surface area contributed by atoms with Crippen molar-refractivity contribution in [2.45, 2.75) is 65.1 Å². The molecule has 18 heavy (non-hydrogen) atoms. The van der Waals surface area contributed by atoms with Crippen molar-refractivity contribution in [3.63, 3.8) is 0 Å². The zero-order valence-corrected chi connectivity index (χ0v) is 12.1. The first-order valence-corrected chi connectivity index (χ1v) is 6.99. The third kappa shape index (κ3) is 4.42. The topological polar surface area (TPSA) is 53.1 Å². The van der Waals surface area contributed by atoms with Crippen LogP contribution in [-0.4, -0.2) is 28.5 Å². The van der Waals surface area contributed by atoms with Crippen molar-refractivity contribution < 1.29 is 4.74 Å². The number of aromatic nitrogens is 2. The second-order valence-electron chi connectivity index (χ2n) is 5.03. The maximum absolute atomic E-state index is 6.23. The van der Waals surface area contributed by atoms with Crippen LogP contribution in [0.3, 0.4) is 0 Å². The van der Waals surface area contributed by atoms with Gasteiger partial charge in [0.2, 0.25) is 0 Å². The molecule has 0 saturated heterocycles. The summed E-state index contributed by atoms with van der Waals surface area (Å²) < 4.78 is 7.68. The molecule has 2 atom stereocenters. The van der Waals surface area contributed by atoms with Gasteiger partial charge in [-0.2, -0.15) is 5.10 Å². The second kappa shape index (κ2) is 7.54. The lowest BCUT2D eigenvalue weighted by Gasteiger charge is -2.22. The summed E-state index contributed by atoms with van der Waals surface area (Å²) >= 11 is 0. The predicted molar refractivity (Wildman–Crippen MR) is 74.6 cm³/mol. The standard InChI is InChI=1S/C14H27N3O/c1-5-7-14(18-6-2)13(15)10-12-8-9-17(16-12)11(3)4/h8-9,11,13-14H,5-7,10,15H2,1-4H3. The van der Waals surface area contributed by atoms with E-state index in [9.17, 15) is 0 Å². The van der Waals surface area contributed by atoms with E-state index < -0.39 is 0 Å². The minimum atomic E-state index is 0.0282. The minimum Gasteiger partial charge on any atom is -0.377 e. The highest BCUT2D eigenvalue weighted by molar-refractivity contribution is 5.02. The summed E-state index contributed by atoms with van der Waals surface area (Å²) in [7, 11) is 0. The molecular weight excluding hydrogens is 226 g/mol. The first kappa shape index (κ1) is 15.2. The summed E-state index contributed by atoms with van der Waals surface area (Å²) in [5.74, 6) is 0. The van der Waals surface area contributed by atoms with Gasteiger partial charge < -0.3 is 10.5 Å². The van der Waals surface area contributed by atoms with Crippen LogP contribution < -0.4 is 5.73 Å². The molecule has 2 unspecified atom stereocenters. The Hall–Kier alpha value is -0.870. The van der Waals surface area contributed by atoms with Gasteiger partial charge in [0.15, 0.2) is 0 Å². The first-order chi connectivity index (χ1) is 8.58. The highest BCUT2D eigenvalue weighted by Crippen LogP contribution is 2.11. The summed E-state index contributed by atoms with van der Waals surface area (Å²) in [6, 6.07) is 2.48. The van der Waals surface area contributed by atoms with Crippen LogP contribution in [0, 0.1) is 0 Å². The van der Waals surface area contributed by atoms with Gasteiger partial charge in [0.25, 0.3) is 0 Å². The molecule has 0 bridgehead atoms. The maximum atomic E-state index is 6.23. The average Bonchev–Trinajstić information content (AvgIpc) is 2.77. The first-order valence-electron chi connectivity index (χ1n) is 6.99. The third-order valence-corrected chi connectivity index (χ3v) is 3.07. The molecule has 0 aliphatic rings. The van der Waals surface area contributed by atoms with E-state index in [4.69, 9.17) is 10.5 Å². The monoisotopic (exact) mass is 253 g/mol. The second-order valence-corrected chi connectivity index (χ2v) is 5.03. The molecule has 0 aliphatic carbocycles. The predicted octanol–water partition coefficient (Wildman–Crippen LogP) is 2.54. The Balaban J connectivity index is 2.57. The Bertz CT molecular complexity index is 330. The lowest BCUT2D eigenvalue weighted by atomic mass is 10.0. The van der Waals surface area contributed by atoms with Gasteiger partial charge in [-0.25, -0.2) is 0 Å². The summed E-state index contributed by atoms with van der Waals surface area (Å²) in [5, 5.41) is 4.53. The van der Waals surface area contributed by atoms with Crippen molar-refractivity contribution in [3.05, 3.63) is 18.0 Å². The molecule has 0 aliphatic heterocycles. The van der Waals surface area contributed by atoms with Crippen molar-refractivity contribution in [2.75, 3.05) is 6.61 Å². The molecule has 0 aromatic carbocycles. The van der Waals surface area contributed by atoms with Crippen LogP contribution in [0.25, 0.3) is 0 Å². The van der Waals surface area contributed by atoms with Crippen LogP contribution >= 0.6 is 0 Å². The fraction of sp³-hybridized carbons (Fsp3) is 0.786. The fourth-order valence-electron chi connectivity index (χ4n) is 2.07. The van der Waals surface area contributed by atoms with Crippen LogP contribution in [0.4, 0.5) is 0 Å². The number of nitrogens with zero attached hydrogens (tertiary/aromatic N) is 2. The Morgan fingerprint density at radius 1 is 1.39 bits per heavy atom. The normalized spacial score (nSPS) is 15.0. The lowest BCUT2D eigenvalue weighted by Crippen LogP contribution is -2.38. The molecule has 1 rings (SSSR count). The molecule has 0 spiro atoms. The van der Waals surface area contributed by atoms with E-state index in [1.807, 2.05) is 17.8 Å². The molecule has 2 N–H and O–H groups in total. The molecule has 0 radical (unpaired) electrons. The third-order valence-electron chi connectivity index (χ3n) is 3.07. The molecule has 4 heteroatoms. The highest BCUT2D eigenvalue weighted by Gasteiger charge is 2.18. The average molecular weight is 253 g/mol. The minimum absolute atomic E-state index is 0.0282. The highest BCUT2D eigenvalue weighted by atomic mass is 16.5. The van der Waals surface area contributed by atoms with Crippen LogP contribution in [0.2, 0.25) is 0 Å². The van der Waals surface area contributed by atoms with E-state index in [1.165, 1.54) is 0 Å². The van der Waals surface area contributed by atoms with Crippen molar-refractivity contribution in [3.8, 4) is 0 Å². The van der Waals surface area contributed by atoms with E-state index in [0.717, 1.165) is 31.6 Å². The Morgan fingerprint density at radius 2 is 2.11 bits per heavy atom. The van der Waals surface area contributed by atoms with E-state index in [2.05, 4.69) is 31.9 Å². The largest absolute Gasteiger partial charge is 0.377 e. The van der Waals surface area contributed by atoms with Gasteiger partial charge in [-0.15, -0.1) is 0 Å². The number of hydrogen-bond donors (Lipinski definition) is 1. The number of ether oxygens (including phenoxy) is 1. The summed E-state index contributed by atoms with van der Waals surface area (Å²) in [6.45, 7) is 9.14. The van der Waals surface area contributed by atoms with Gasteiger partial charge in [0, 0.05) is 31.3 Å². The van der Waals surface area contributed by atoms with Crippen molar-refractivity contribution in [1.82, 2.24) is 9.78 Å². The Kier molecular flexibility index (Phi) is 6.36. The number of rotatable bonds is 8. The Morgan fingerprint density at radius 3 is 2.61 bits per heavy atom. The van der Waals surface area contributed by atoms with Gasteiger partial charge in [-0.3, -0.25) is 4.68 Å². The van der Waals surface area contributed by atoms with Crippen LogP contribution in [-0.2, 0) is 11.2 Å². The van der Waals surface area contributed by atoms with Gasteiger partial charge in [0.05, 0.1) is 11.8 Å². The van der Waals surface area contributed by atoms with Crippen LogP contribution in [0.15, 0.2) is 12.3 Å². The van der Waals surface area contributed by atoms with E-state index in [-0.39, 0.29) is 12.1 Å². The van der Waals surface area contributed by atoms with Crippen molar-refractivity contribution in [2.24, 2.45) is 5.73 Å². The van der Waals surface area contributed by atoms with Gasteiger partial charge in [-0.1, -0.05) is 13.3 Å². The smallest absolute Gasteiger partial charge is 0.0729 e. The number of nitrogens with two attached hydrogens (primary N) is 1. The molecule has 0 fully saturated rings. The van der Waals surface area contributed by atoms with Gasteiger partial charge >= 0.3 is 0 Å². The van der Waals surface area contributed by atoms with E-state index >= 15 is 0 Å². The molecule has 0 saturated carbocycles. The van der Waals surface area contributed by atoms with Crippen molar-refractivity contribution >= 4 is 0 Å². The summed E-state index contributed by atoms with van der Waals surface area (Å²) in [6.07, 6.45) is 5.05.